The van der Waals surface area contributed by atoms with Crippen LogP contribution in [0.4, 0.5) is 0 Å². The number of phenolic OH excluding ortho intramolecular Hbond substituents is 1. The molecule has 0 saturated heterocycles. The van der Waals surface area contributed by atoms with Crippen molar-refractivity contribution in [1.82, 2.24) is 9.97 Å². The van der Waals surface area contributed by atoms with Gasteiger partial charge >= 0.3 is 0 Å². The molecule has 4 heteroatoms. The highest BCUT2D eigenvalue weighted by Crippen LogP contribution is 2.33. The van der Waals surface area contributed by atoms with Crippen molar-refractivity contribution >= 4 is 27.0 Å². The van der Waals surface area contributed by atoms with E-state index in [2.05, 4.69) is 25.9 Å². The lowest BCUT2D eigenvalue weighted by Gasteiger charge is -2.04. The molecule has 2 N–H and O–H groups in total. The second-order valence-electron chi connectivity index (χ2n) is 4.22. The van der Waals surface area contributed by atoms with E-state index in [1.165, 1.54) is 0 Å². The van der Waals surface area contributed by atoms with Crippen LogP contribution in [0.25, 0.3) is 22.4 Å². The Morgan fingerprint density at radius 2 is 2.00 bits per heavy atom. The summed E-state index contributed by atoms with van der Waals surface area (Å²) in [7, 11) is 0. The number of aromatic nitrogens is 2. The van der Waals surface area contributed by atoms with E-state index in [4.69, 9.17) is 0 Å². The zero-order chi connectivity index (χ0) is 12.7. The molecule has 3 aromatic rings. The molecular weight excluding hydrogens is 292 g/mol. The van der Waals surface area contributed by atoms with Crippen LogP contribution in [-0.4, -0.2) is 15.1 Å². The first-order valence-electron chi connectivity index (χ1n) is 5.59. The monoisotopic (exact) mass is 302 g/mol. The Hall–Kier alpha value is -1.81. The quantitative estimate of drug-likeness (QED) is 0.713. The van der Waals surface area contributed by atoms with Crippen LogP contribution in [0.5, 0.6) is 5.75 Å². The smallest absolute Gasteiger partial charge is 0.142 e. The van der Waals surface area contributed by atoms with E-state index in [1.807, 2.05) is 37.3 Å². The fraction of sp³-hybridized carbons (Fsp3) is 0.0714. The molecule has 0 aliphatic rings. The average Bonchev–Trinajstić information content (AvgIpc) is 2.77. The van der Waals surface area contributed by atoms with Crippen LogP contribution < -0.4 is 0 Å². The SMILES string of the molecule is Cc1cc(O)c(-c2nc3ccccc3[nH]2)cc1Br. The number of para-hydroxylation sites is 2. The Kier molecular flexibility index (Phi) is 2.59. The first kappa shape index (κ1) is 11.3. The van der Waals surface area contributed by atoms with Crippen molar-refractivity contribution in [3.05, 3.63) is 46.4 Å². The third kappa shape index (κ3) is 1.78. The number of nitrogens with zero attached hydrogens (tertiary/aromatic N) is 1. The van der Waals surface area contributed by atoms with Crippen LogP contribution in [0.1, 0.15) is 5.56 Å². The third-order valence-corrected chi connectivity index (χ3v) is 3.78. The van der Waals surface area contributed by atoms with Crippen LogP contribution in [0, 0.1) is 6.92 Å². The van der Waals surface area contributed by atoms with E-state index in [9.17, 15) is 5.11 Å². The minimum atomic E-state index is 0.231. The van der Waals surface area contributed by atoms with Gasteiger partial charge in [-0.25, -0.2) is 4.98 Å². The fourth-order valence-corrected chi connectivity index (χ4v) is 2.28. The second-order valence-corrected chi connectivity index (χ2v) is 5.08. The summed E-state index contributed by atoms with van der Waals surface area (Å²) in [5.74, 6) is 0.907. The van der Waals surface area contributed by atoms with Crippen molar-refractivity contribution in [3.63, 3.8) is 0 Å². The summed E-state index contributed by atoms with van der Waals surface area (Å²) in [4.78, 5) is 7.69. The van der Waals surface area contributed by atoms with Gasteiger partial charge in [0.15, 0.2) is 0 Å². The maximum absolute atomic E-state index is 10.0. The fourth-order valence-electron chi connectivity index (χ4n) is 1.94. The standard InChI is InChI=1S/C14H11BrN2O/c1-8-6-13(18)9(7-10(8)15)14-16-11-4-2-3-5-12(11)17-14/h2-7,18H,1H3,(H,16,17). The summed E-state index contributed by atoms with van der Waals surface area (Å²) < 4.78 is 0.954. The molecule has 0 aliphatic heterocycles. The van der Waals surface area contributed by atoms with Gasteiger partial charge in [0.05, 0.1) is 16.6 Å². The van der Waals surface area contributed by atoms with Crippen LogP contribution in [0.2, 0.25) is 0 Å². The zero-order valence-corrected chi connectivity index (χ0v) is 11.3. The van der Waals surface area contributed by atoms with Gasteiger partial charge in [-0.1, -0.05) is 28.1 Å². The summed E-state index contributed by atoms with van der Waals surface area (Å²) in [6, 6.07) is 11.4. The van der Waals surface area contributed by atoms with Crippen molar-refractivity contribution in [2.45, 2.75) is 6.92 Å². The predicted octanol–water partition coefficient (Wildman–Crippen LogP) is 4.01. The highest BCUT2D eigenvalue weighted by Gasteiger charge is 2.11. The number of imidazole rings is 1. The van der Waals surface area contributed by atoms with Crippen LogP contribution in [-0.2, 0) is 0 Å². The van der Waals surface area contributed by atoms with Crippen molar-refractivity contribution < 1.29 is 5.11 Å². The third-order valence-electron chi connectivity index (χ3n) is 2.92. The highest BCUT2D eigenvalue weighted by atomic mass is 79.9. The Balaban J connectivity index is 2.22. The lowest BCUT2D eigenvalue weighted by atomic mass is 10.1. The predicted molar refractivity (Wildman–Crippen MR) is 75.6 cm³/mol. The van der Waals surface area contributed by atoms with Gasteiger partial charge in [-0.15, -0.1) is 0 Å². The summed E-state index contributed by atoms with van der Waals surface area (Å²) >= 11 is 3.47. The molecule has 0 fully saturated rings. The zero-order valence-electron chi connectivity index (χ0n) is 9.74. The summed E-state index contributed by atoms with van der Waals surface area (Å²) in [6.45, 7) is 1.94. The molecule has 3 rings (SSSR count). The number of halogens is 1. The first-order valence-corrected chi connectivity index (χ1v) is 6.38. The molecule has 3 nitrogen and oxygen atoms in total. The number of fused-ring (bicyclic) bond motifs is 1. The van der Waals surface area contributed by atoms with E-state index in [1.54, 1.807) is 6.07 Å². The lowest BCUT2D eigenvalue weighted by Crippen LogP contribution is -1.84. The van der Waals surface area contributed by atoms with Gasteiger partial charge < -0.3 is 10.1 Å². The number of benzene rings is 2. The number of hydrogen-bond donors (Lipinski definition) is 2. The van der Waals surface area contributed by atoms with E-state index >= 15 is 0 Å². The molecule has 0 aliphatic carbocycles. The van der Waals surface area contributed by atoms with Crippen LogP contribution in [0.3, 0.4) is 0 Å². The number of hydrogen-bond acceptors (Lipinski definition) is 2. The first-order chi connectivity index (χ1) is 8.65. The highest BCUT2D eigenvalue weighted by molar-refractivity contribution is 9.10. The number of H-pyrrole nitrogens is 1. The van der Waals surface area contributed by atoms with E-state index in [0.717, 1.165) is 21.1 Å². The molecule has 0 spiro atoms. The Morgan fingerprint density at radius 3 is 2.78 bits per heavy atom. The molecule has 0 atom stereocenters. The Labute approximate surface area is 113 Å². The molecular formula is C14H11BrN2O. The summed E-state index contributed by atoms with van der Waals surface area (Å²) in [5, 5.41) is 10.0. The second kappa shape index (κ2) is 4.14. The Morgan fingerprint density at radius 1 is 1.22 bits per heavy atom. The molecule has 2 aromatic carbocycles. The summed E-state index contributed by atoms with van der Waals surface area (Å²) in [6.07, 6.45) is 0. The van der Waals surface area contributed by atoms with Gasteiger partial charge in [0.2, 0.25) is 0 Å². The summed E-state index contributed by atoms with van der Waals surface area (Å²) in [5.41, 5.74) is 3.54. The number of nitrogens with one attached hydrogen (secondary N) is 1. The molecule has 0 bridgehead atoms. The molecule has 0 unspecified atom stereocenters. The molecule has 90 valence electrons. The molecule has 0 saturated carbocycles. The lowest BCUT2D eigenvalue weighted by molar-refractivity contribution is 0.476. The average molecular weight is 303 g/mol. The van der Waals surface area contributed by atoms with Gasteiger partial charge in [0, 0.05) is 4.47 Å². The topological polar surface area (TPSA) is 48.9 Å². The minimum absolute atomic E-state index is 0.231. The number of phenols is 1. The van der Waals surface area contributed by atoms with Crippen molar-refractivity contribution in [2.75, 3.05) is 0 Å². The number of aromatic hydroxyl groups is 1. The number of aryl methyl sites for hydroxylation is 1. The number of rotatable bonds is 1. The van der Waals surface area contributed by atoms with Crippen molar-refractivity contribution in [1.29, 1.82) is 0 Å². The molecule has 1 heterocycles. The van der Waals surface area contributed by atoms with Gasteiger partial charge in [0.1, 0.15) is 11.6 Å². The van der Waals surface area contributed by atoms with Gasteiger partial charge in [0.25, 0.3) is 0 Å². The Bertz CT molecular complexity index is 701. The van der Waals surface area contributed by atoms with Crippen LogP contribution >= 0.6 is 15.9 Å². The number of aromatic amines is 1. The van der Waals surface area contributed by atoms with E-state index in [0.29, 0.717) is 11.4 Å². The minimum Gasteiger partial charge on any atom is -0.507 e. The normalized spacial score (nSPS) is 11.0. The molecule has 0 radical (unpaired) electrons. The maximum Gasteiger partial charge on any atom is 0.142 e. The van der Waals surface area contributed by atoms with Gasteiger partial charge in [-0.3, -0.25) is 0 Å². The molecule has 18 heavy (non-hydrogen) atoms. The molecule has 1 aromatic heterocycles. The van der Waals surface area contributed by atoms with Crippen molar-refractivity contribution in [3.8, 4) is 17.1 Å². The maximum atomic E-state index is 10.0. The van der Waals surface area contributed by atoms with E-state index < -0.39 is 0 Å². The van der Waals surface area contributed by atoms with E-state index in [-0.39, 0.29) is 5.75 Å². The van der Waals surface area contributed by atoms with Crippen molar-refractivity contribution in [2.24, 2.45) is 0 Å². The van der Waals surface area contributed by atoms with Gasteiger partial charge in [-0.05, 0) is 36.8 Å². The molecule has 0 amide bonds. The van der Waals surface area contributed by atoms with Gasteiger partial charge in [-0.2, -0.15) is 0 Å². The van der Waals surface area contributed by atoms with Crippen LogP contribution in [0.15, 0.2) is 40.9 Å². The largest absolute Gasteiger partial charge is 0.507 e.